The lowest BCUT2D eigenvalue weighted by atomic mass is 9.86. The van der Waals surface area contributed by atoms with Gasteiger partial charge in [-0.1, -0.05) is 71.8 Å². The summed E-state index contributed by atoms with van der Waals surface area (Å²) in [7, 11) is 4.07. The molecule has 1 fully saturated rings. The Hall–Kier alpha value is -3.13. The third-order valence-electron chi connectivity index (χ3n) is 8.55. The minimum Gasteiger partial charge on any atom is -0.388 e. The molecule has 1 aliphatic carbocycles. The Morgan fingerprint density at radius 1 is 0.884 bits per heavy atom. The maximum atomic E-state index is 11.1. The van der Waals surface area contributed by atoms with Crippen LogP contribution in [0.3, 0.4) is 0 Å². The number of fused-ring (bicyclic) bond motifs is 1. The summed E-state index contributed by atoms with van der Waals surface area (Å²) in [6.45, 7) is 6.13. The van der Waals surface area contributed by atoms with Gasteiger partial charge in [-0.25, -0.2) is 4.98 Å². The summed E-state index contributed by atoms with van der Waals surface area (Å²) < 4.78 is 0. The number of aliphatic hydroxyl groups is 1. The van der Waals surface area contributed by atoms with Crippen LogP contribution in [0.4, 0.5) is 11.8 Å². The summed E-state index contributed by atoms with van der Waals surface area (Å²) in [5.74, 6) is 3.30. The van der Waals surface area contributed by atoms with Gasteiger partial charge in [-0.05, 0) is 81.7 Å². The van der Waals surface area contributed by atoms with Crippen LogP contribution in [0.15, 0.2) is 72.8 Å². The van der Waals surface area contributed by atoms with E-state index in [1.54, 1.807) is 0 Å². The largest absolute Gasteiger partial charge is 0.388 e. The van der Waals surface area contributed by atoms with Crippen molar-refractivity contribution in [3.05, 3.63) is 95.1 Å². The summed E-state index contributed by atoms with van der Waals surface area (Å²) in [4.78, 5) is 11.7. The Bertz CT molecular complexity index is 1430. The number of anilines is 2. The van der Waals surface area contributed by atoms with E-state index in [4.69, 9.17) is 9.97 Å². The van der Waals surface area contributed by atoms with Gasteiger partial charge in [-0.15, -0.1) is 0 Å². The van der Waals surface area contributed by atoms with Crippen LogP contribution in [0, 0.1) is 19.8 Å². The second-order valence-electron chi connectivity index (χ2n) is 12.4. The van der Waals surface area contributed by atoms with Gasteiger partial charge in [0.15, 0.2) is 0 Å². The van der Waals surface area contributed by atoms with E-state index in [9.17, 15) is 5.11 Å². The lowest BCUT2D eigenvalue weighted by molar-refractivity contribution is 0.166. The molecule has 0 aliphatic heterocycles. The van der Waals surface area contributed by atoms with Crippen LogP contribution in [-0.2, 0) is 5.75 Å². The standard InChI is InChI=1S/C36H47N5OS/c1-25-9-13-28(14-10-25)24-43-31(21-34(42)29-17-11-26(2)12-18-29)23-37-22-27-15-19-30(20-16-27)38-36-39-33-8-6-5-7-32(33)35(40-36)41(3)4/h5-14,17-18,27,30-31,34,37,42H,15-16,19-24H2,1-4H3,(H,38,39,40). The van der Waals surface area contributed by atoms with E-state index in [1.165, 1.54) is 29.5 Å². The molecule has 3 aromatic carbocycles. The first kappa shape index (κ1) is 31.3. The lowest BCUT2D eigenvalue weighted by Gasteiger charge is -2.30. The van der Waals surface area contributed by atoms with E-state index < -0.39 is 6.10 Å². The van der Waals surface area contributed by atoms with Gasteiger partial charge >= 0.3 is 0 Å². The summed E-state index contributed by atoms with van der Waals surface area (Å²) in [6, 6.07) is 25.7. The van der Waals surface area contributed by atoms with E-state index in [2.05, 4.69) is 90.0 Å². The third kappa shape index (κ3) is 8.94. The molecule has 43 heavy (non-hydrogen) atoms. The second-order valence-corrected chi connectivity index (χ2v) is 13.7. The van der Waals surface area contributed by atoms with Crippen LogP contribution < -0.4 is 15.5 Å². The number of nitrogens with one attached hydrogen (secondary N) is 2. The number of aryl methyl sites for hydroxylation is 2. The minimum absolute atomic E-state index is 0.326. The van der Waals surface area contributed by atoms with Crippen molar-refractivity contribution < 1.29 is 5.11 Å². The van der Waals surface area contributed by atoms with Crippen molar-refractivity contribution in [1.29, 1.82) is 0 Å². The molecule has 7 heteroatoms. The first-order valence-electron chi connectivity index (χ1n) is 15.7. The van der Waals surface area contributed by atoms with Gasteiger partial charge in [0.25, 0.3) is 0 Å². The first-order chi connectivity index (χ1) is 20.8. The zero-order chi connectivity index (χ0) is 30.2. The number of thioether (sulfide) groups is 1. The average molecular weight is 598 g/mol. The number of rotatable bonds is 13. The number of hydrogen-bond donors (Lipinski definition) is 3. The zero-order valence-electron chi connectivity index (χ0n) is 26.1. The molecule has 0 radical (unpaired) electrons. The maximum absolute atomic E-state index is 11.1. The predicted molar refractivity (Wildman–Crippen MR) is 183 cm³/mol. The SMILES string of the molecule is Cc1ccc(CSC(CNCC2CCC(Nc3nc(N(C)C)c4ccccc4n3)CC2)CC(O)c2ccc(C)cc2)cc1. The predicted octanol–water partition coefficient (Wildman–Crippen LogP) is 7.30. The fraction of sp³-hybridized carbons (Fsp3) is 0.444. The molecule has 2 atom stereocenters. The van der Waals surface area contributed by atoms with E-state index in [0.717, 1.165) is 66.3 Å². The van der Waals surface area contributed by atoms with Gasteiger partial charge in [0.1, 0.15) is 5.82 Å². The highest BCUT2D eigenvalue weighted by molar-refractivity contribution is 7.99. The normalized spacial score (nSPS) is 18.3. The van der Waals surface area contributed by atoms with Gasteiger partial charge in [0.05, 0.1) is 11.6 Å². The number of para-hydroxylation sites is 1. The first-order valence-corrected chi connectivity index (χ1v) is 16.7. The number of nitrogens with zero attached hydrogens (tertiary/aromatic N) is 3. The molecule has 4 aromatic rings. The van der Waals surface area contributed by atoms with Gasteiger partial charge in [-0.2, -0.15) is 16.7 Å². The van der Waals surface area contributed by atoms with Crippen molar-refractivity contribution in [3.63, 3.8) is 0 Å². The Labute approximate surface area is 261 Å². The van der Waals surface area contributed by atoms with Gasteiger partial charge in [-0.3, -0.25) is 0 Å². The summed E-state index contributed by atoms with van der Waals surface area (Å²) in [6.07, 6.45) is 4.90. The molecule has 5 rings (SSSR count). The molecule has 1 aliphatic rings. The number of aliphatic hydroxyl groups excluding tert-OH is 1. The minimum atomic E-state index is -0.454. The topological polar surface area (TPSA) is 73.3 Å². The molecule has 2 unspecified atom stereocenters. The fourth-order valence-electron chi connectivity index (χ4n) is 5.89. The van der Waals surface area contributed by atoms with Crippen LogP contribution in [0.2, 0.25) is 0 Å². The Morgan fingerprint density at radius 2 is 1.56 bits per heavy atom. The molecule has 1 saturated carbocycles. The molecule has 228 valence electrons. The van der Waals surface area contributed by atoms with Gasteiger partial charge in [0, 0.05) is 43.1 Å². The Kier molecular flexibility index (Phi) is 11.0. The van der Waals surface area contributed by atoms with E-state index >= 15 is 0 Å². The van der Waals surface area contributed by atoms with Crippen molar-refractivity contribution in [2.45, 2.75) is 69.1 Å². The quantitative estimate of drug-likeness (QED) is 0.149. The van der Waals surface area contributed by atoms with Crippen LogP contribution in [-0.4, -0.2) is 53.6 Å². The molecule has 0 saturated heterocycles. The van der Waals surface area contributed by atoms with Crippen molar-refractivity contribution in [2.24, 2.45) is 5.92 Å². The molecular weight excluding hydrogens is 550 g/mol. The van der Waals surface area contributed by atoms with Crippen LogP contribution in [0.1, 0.15) is 60.5 Å². The molecule has 6 nitrogen and oxygen atoms in total. The lowest BCUT2D eigenvalue weighted by Crippen LogP contribution is -2.34. The molecule has 1 aromatic heterocycles. The molecule has 0 amide bonds. The average Bonchev–Trinajstić information content (AvgIpc) is 3.01. The van der Waals surface area contributed by atoms with Crippen molar-refractivity contribution >= 4 is 34.4 Å². The van der Waals surface area contributed by atoms with Crippen molar-refractivity contribution in [2.75, 3.05) is 37.4 Å². The van der Waals surface area contributed by atoms with Crippen LogP contribution in [0.25, 0.3) is 10.9 Å². The Morgan fingerprint density at radius 3 is 2.26 bits per heavy atom. The summed E-state index contributed by atoms with van der Waals surface area (Å²) >= 11 is 1.95. The maximum Gasteiger partial charge on any atom is 0.225 e. The highest BCUT2D eigenvalue weighted by Crippen LogP contribution is 2.30. The number of benzene rings is 3. The molecular formula is C36H47N5OS. The molecule has 1 heterocycles. The number of hydrogen-bond acceptors (Lipinski definition) is 7. The third-order valence-corrected chi connectivity index (χ3v) is 9.88. The fourth-order valence-corrected chi connectivity index (χ4v) is 7.06. The van der Waals surface area contributed by atoms with Crippen LogP contribution >= 0.6 is 11.8 Å². The summed E-state index contributed by atoms with van der Waals surface area (Å²) in [5, 5.41) is 19.9. The van der Waals surface area contributed by atoms with Gasteiger partial charge in [0.2, 0.25) is 5.95 Å². The van der Waals surface area contributed by atoms with Crippen LogP contribution in [0.5, 0.6) is 0 Å². The highest BCUT2D eigenvalue weighted by Gasteiger charge is 2.23. The van der Waals surface area contributed by atoms with Crippen molar-refractivity contribution in [1.82, 2.24) is 15.3 Å². The molecule has 0 bridgehead atoms. The van der Waals surface area contributed by atoms with Crippen molar-refractivity contribution in [3.8, 4) is 0 Å². The Balaban J connectivity index is 1.12. The zero-order valence-corrected chi connectivity index (χ0v) is 26.9. The number of aromatic nitrogens is 2. The molecule has 0 spiro atoms. The summed E-state index contributed by atoms with van der Waals surface area (Å²) in [5.41, 5.74) is 5.82. The highest BCUT2D eigenvalue weighted by atomic mass is 32.2. The monoisotopic (exact) mass is 597 g/mol. The van der Waals surface area contributed by atoms with E-state index in [0.29, 0.717) is 17.2 Å². The smallest absolute Gasteiger partial charge is 0.225 e. The molecule has 3 N–H and O–H groups in total. The van der Waals surface area contributed by atoms with E-state index in [1.807, 2.05) is 38.0 Å². The second kappa shape index (κ2) is 15.0. The van der Waals surface area contributed by atoms with Gasteiger partial charge < -0.3 is 20.6 Å². The van der Waals surface area contributed by atoms with E-state index in [-0.39, 0.29) is 0 Å².